The topological polar surface area (TPSA) is 56.2 Å². The van der Waals surface area contributed by atoms with E-state index in [9.17, 15) is 4.79 Å². The molecule has 1 aromatic carbocycles. The van der Waals surface area contributed by atoms with E-state index in [1.807, 2.05) is 44.3 Å². The Hall–Kier alpha value is -1.95. The van der Waals surface area contributed by atoms with Gasteiger partial charge in [-0.15, -0.1) is 0 Å². The number of amides is 1. The minimum Gasteiger partial charge on any atom is -0.497 e. The highest BCUT2D eigenvalue weighted by atomic mass is 32.2. The van der Waals surface area contributed by atoms with E-state index in [2.05, 4.69) is 21.8 Å². The fraction of sp³-hybridized carbons (Fsp3) is 0.412. The fourth-order valence-corrected chi connectivity index (χ4v) is 3.12. The van der Waals surface area contributed by atoms with Crippen molar-refractivity contribution in [2.45, 2.75) is 38.5 Å². The first-order valence-electron chi connectivity index (χ1n) is 7.67. The molecule has 1 amide bonds. The summed E-state index contributed by atoms with van der Waals surface area (Å²) in [5.74, 6) is 1.23. The summed E-state index contributed by atoms with van der Waals surface area (Å²) in [6.07, 6.45) is 1.86. The normalized spacial score (nSPS) is 10.8. The number of thioether (sulfide) groups is 1. The van der Waals surface area contributed by atoms with Crippen molar-refractivity contribution in [3.05, 3.63) is 30.5 Å². The first-order chi connectivity index (χ1) is 11.0. The number of carbonyl (C=O) groups excluding carboxylic acids is 1. The van der Waals surface area contributed by atoms with Crippen LogP contribution in [0, 0.1) is 0 Å². The van der Waals surface area contributed by atoms with Crippen LogP contribution in [0.3, 0.4) is 0 Å². The average Bonchev–Trinajstić information content (AvgIpc) is 2.95. The lowest BCUT2D eigenvalue weighted by molar-refractivity contribution is -0.119. The SMILES string of the molecule is CCn1c(-c2ccc(OC)cc2)cnc1SCC(=O)NC(C)C. The first-order valence-corrected chi connectivity index (χ1v) is 8.65. The Kier molecular flexibility index (Phi) is 6.10. The zero-order valence-corrected chi connectivity index (χ0v) is 14.8. The third-order valence-corrected chi connectivity index (χ3v) is 4.29. The number of ether oxygens (including phenoxy) is 1. The van der Waals surface area contributed by atoms with Crippen molar-refractivity contribution in [1.82, 2.24) is 14.9 Å². The molecule has 0 spiro atoms. The Morgan fingerprint density at radius 3 is 2.61 bits per heavy atom. The predicted octanol–water partition coefficient (Wildman–Crippen LogP) is 3.20. The van der Waals surface area contributed by atoms with Crippen molar-refractivity contribution in [2.24, 2.45) is 0 Å². The van der Waals surface area contributed by atoms with E-state index in [0.29, 0.717) is 5.75 Å². The number of carbonyl (C=O) groups is 1. The molecule has 0 saturated carbocycles. The largest absolute Gasteiger partial charge is 0.497 e. The van der Waals surface area contributed by atoms with Crippen LogP contribution >= 0.6 is 11.8 Å². The van der Waals surface area contributed by atoms with E-state index in [0.717, 1.165) is 28.7 Å². The second-order valence-corrected chi connectivity index (χ2v) is 6.35. The number of hydrogen-bond acceptors (Lipinski definition) is 4. The monoisotopic (exact) mass is 333 g/mol. The molecule has 1 aromatic heterocycles. The van der Waals surface area contributed by atoms with Gasteiger partial charge < -0.3 is 14.6 Å². The summed E-state index contributed by atoms with van der Waals surface area (Å²) >= 11 is 1.46. The Bertz CT molecular complexity index is 650. The van der Waals surface area contributed by atoms with E-state index < -0.39 is 0 Å². The van der Waals surface area contributed by atoms with Crippen LogP contribution in [0.15, 0.2) is 35.6 Å². The minimum atomic E-state index is 0.0293. The van der Waals surface area contributed by atoms with Gasteiger partial charge in [0.2, 0.25) is 5.91 Å². The van der Waals surface area contributed by atoms with E-state index in [-0.39, 0.29) is 11.9 Å². The Morgan fingerprint density at radius 1 is 1.35 bits per heavy atom. The van der Waals surface area contributed by atoms with Gasteiger partial charge >= 0.3 is 0 Å². The van der Waals surface area contributed by atoms with Gasteiger partial charge in [-0.2, -0.15) is 0 Å². The van der Waals surface area contributed by atoms with Crippen LogP contribution in [-0.4, -0.2) is 34.4 Å². The molecular formula is C17H23N3O2S. The number of benzene rings is 1. The van der Waals surface area contributed by atoms with Gasteiger partial charge in [-0.3, -0.25) is 4.79 Å². The highest BCUT2D eigenvalue weighted by Gasteiger charge is 2.13. The summed E-state index contributed by atoms with van der Waals surface area (Å²) in [6.45, 7) is 6.79. The summed E-state index contributed by atoms with van der Waals surface area (Å²) in [7, 11) is 1.66. The minimum absolute atomic E-state index is 0.0293. The van der Waals surface area contributed by atoms with Gasteiger partial charge in [0.25, 0.3) is 0 Å². The molecule has 0 saturated heterocycles. The zero-order valence-electron chi connectivity index (χ0n) is 14.0. The number of nitrogens with one attached hydrogen (secondary N) is 1. The van der Waals surface area contributed by atoms with Crippen LogP contribution in [0.2, 0.25) is 0 Å². The zero-order chi connectivity index (χ0) is 16.8. The summed E-state index contributed by atoms with van der Waals surface area (Å²) in [6, 6.07) is 8.06. The van der Waals surface area contributed by atoms with E-state index in [4.69, 9.17) is 4.74 Å². The molecule has 2 aromatic rings. The molecule has 6 heteroatoms. The predicted molar refractivity (Wildman–Crippen MR) is 93.9 cm³/mol. The van der Waals surface area contributed by atoms with E-state index in [1.165, 1.54) is 11.8 Å². The van der Waals surface area contributed by atoms with Crippen LogP contribution in [0.25, 0.3) is 11.3 Å². The number of imidazole rings is 1. The van der Waals surface area contributed by atoms with Gasteiger partial charge in [-0.25, -0.2) is 4.98 Å². The van der Waals surface area contributed by atoms with E-state index in [1.54, 1.807) is 7.11 Å². The van der Waals surface area contributed by atoms with Crippen LogP contribution in [-0.2, 0) is 11.3 Å². The summed E-state index contributed by atoms with van der Waals surface area (Å²) < 4.78 is 7.31. The quantitative estimate of drug-likeness (QED) is 0.791. The van der Waals surface area contributed by atoms with E-state index >= 15 is 0 Å². The maximum Gasteiger partial charge on any atom is 0.230 e. The molecule has 0 unspecified atom stereocenters. The second-order valence-electron chi connectivity index (χ2n) is 5.41. The highest BCUT2D eigenvalue weighted by molar-refractivity contribution is 7.99. The lowest BCUT2D eigenvalue weighted by Gasteiger charge is -2.11. The Labute approximate surface area is 141 Å². The molecule has 0 radical (unpaired) electrons. The van der Waals surface area contributed by atoms with Crippen molar-refractivity contribution in [3.63, 3.8) is 0 Å². The van der Waals surface area contributed by atoms with Crippen LogP contribution < -0.4 is 10.1 Å². The van der Waals surface area contributed by atoms with Gasteiger partial charge in [0.15, 0.2) is 5.16 Å². The Balaban J connectivity index is 2.14. The lowest BCUT2D eigenvalue weighted by atomic mass is 10.1. The molecule has 0 aliphatic rings. The number of methoxy groups -OCH3 is 1. The molecule has 1 heterocycles. The molecule has 0 fully saturated rings. The van der Waals surface area contributed by atoms with Crippen LogP contribution in [0.1, 0.15) is 20.8 Å². The van der Waals surface area contributed by atoms with Gasteiger partial charge in [-0.05, 0) is 45.0 Å². The number of hydrogen-bond donors (Lipinski definition) is 1. The molecule has 0 atom stereocenters. The van der Waals surface area contributed by atoms with Crippen LogP contribution in [0.4, 0.5) is 0 Å². The summed E-state index contributed by atoms with van der Waals surface area (Å²) in [5, 5.41) is 3.75. The smallest absolute Gasteiger partial charge is 0.230 e. The van der Waals surface area contributed by atoms with Gasteiger partial charge in [0, 0.05) is 18.2 Å². The average molecular weight is 333 g/mol. The maximum atomic E-state index is 11.8. The van der Waals surface area contributed by atoms with Crippen molar-refractivity contribution in [2.75, 3.05) is 12.9 Å². The van der Waals surface area contributed by atoms with Crippen molar-refractivity contribution in [1.29, 1.82) is 0 Å². The maximum absolute atomic E-state index is 11.8. The highest BCUT2D eigenvalue weighted by Crippen LogP contribution is 2.27. The lowest BCUT2D eigenvalue weighted by Crippen LogP contribution is -2.31. The van der Waals surface area contributed by atoms with Gasteiger partial charge in [-0.1, -0.05) is 11.8 Å². The first kappa shape index (κ1) is 17.4. The standard InChI is InChI=1S/C17H23N3O2S/c1-5-20-15(13-6-8-14(22-4)9-7-13)10-18-17(20)23-11-16(21)19-12(2)3/h6-10,12H,5,11H2,1-4H3,(H,19,21). The van der Waals surface area contributed by atoms with Gasteiger partial charge in [0.1, 0.15) is 5.75 Å². The molecule has 0 aliphatic heterocycles. The molecule has 0 bridgehead atoms. The van der Waals surface area contributed by atoms with Crippen LogP contribution in [0.5, 0.6) is 5.75 Å². The molecule has 5 nitrogen and oxygen atoms in total. The molecule has 1 N–H and O–H groups in total. The molecular weight excluding hydrogens is 310 g/mol. The van der Waals surface area contributed by atoms with Crippen molar-refractivity contribution < 1.29 is 9.53 Å². The molecule has 23 heavy (non-hydrogen) atoms. The molecule has 2 rings (SSSR count). The van der Waals surface area contributed by atoms with Crippen molar-refractivity contribution in [3.8, 4) is 17.0 Å². The molecule has 0 aliphatic carbocycles. The molecule has 124 valence electrons. The number of nitrogens with zero attached hydrogens (tertiary/aromatic N) is 2. The third kappa shape index (κ3) is 4.51. The Morgan fingerprint density at radius 2 is 2.04 bits per heavy atom. The number of aromatic nitrogens is 2. The number of rotatable bonds is 7. The second kappa shape index (κ2) is 8.06. The summed E-state index contributed by atoms with van der Waals surface area (Å²) in [4.78, 5) is 16.3. The summed E-state index contributed by atoms with van der Waals surface area (Å²) in [5.41, 5.74) is 2.13. The third-order valence-electron chi connectivity index (χ3n) is 3.30. The van der Waals surface area contributed by atoms with Gasteiger partial charge in [0.05, 0.1) is 24.8 Å². The van der Waals surface area contributed by atoms with Crippen molar-refractivity contribution >= 4 is 17.7 Å². The fourth-order valence-electron chi connectivity index (χ4n) is 2.27.